The number of anilines is 1. The van der Waals surface area contributed by atoms with E-state index in [1.807, 2.05) is 42.6 Å². The van der Waals surface area contributed by atoms with Gasteiger partial charge in [-0.15, -0.1) is 11.3 Å². The summed E-state index contributed by atoms with van der Waals surface area (Å²) in [5.41, 5.74) is 2.79. The van der Waals surface area contributed by atoms with Crippen molar-refractivity contribution in [3.05, 3.63) is 70.5 Å². The average molecular weight is 416 g/mol. The van der Waals surface area contributed by atoms with E-state index in [1.165, 1.54) is 11.3 Å². The Kier molecular flexibility index (Phi) is 6.11. The fourth-order valence-corrected chi connectivity index (χ4v) is 4.20. The third-order valence-corrected chi connectivity index (χ3v) is 5.62. The molecule has 1 aromatic heterocycles. The summed E-state index contributed by atoms with van der Waals surface area (Å²) in [4.78, 5) is 17.1. The Morgan fingerprint density at radius 2 is 1.79 bits per heavy atom. The number of sulfonamides is 1. The highest BCUT2D eigenvalue weighted by Crippen LogP contribution is 2.28. The molecule has 8 heteroatoms. The number of nitrogens with zero attached hydrogens (tertiary/aromatic N) is 1. The molecule has 146 valence electrons. The van der Waals surface area contributed by atoms with Gasteiger partial charge in [0.1, 0.15) is 5.01 Å². The predicted octanol–water partition coefficient (Wildman–Crippen LogP) is 4.06. The van der Waals surface area contributed by atoms with Crippen LogP contribution in [0.1, 0.15) is 34.8 Å². The smallest absolute Gasteiger partial charge is 0.251 e. The Labute approximate surface area is 168 Å². The molecule has 0 aliphatic heterocycles. The number of benzene rings is 2. The Morgan fingerprint density at radius 1 is 1.11 bits per heavy atom. The lowest BCUT2D eigenvalue weighted by molar-refractivity contribution is 0.0935. The Bertz CT molecular complexity index is 1050. The predicted molar refractivity (Wildman–Crippen MR) is 113 cm³/mol. The monoisotopic (exact) mass is 415 g/mol. The molecule has 2 aromatic carbocycles. The SMILES string of the molecule is CC[C@@H](NC(=O)c1ccccc1)c1nc(-c2ccc(NS(C)(=O)=O)cc2)cs1. The molecule has 0 fully saturated rings. The van der Waals surface area contributed by atoms with Crippen molar-refractivity contribution in [2.45, 2.75) is 19.4 Å². The summed E-state index contributed by atoms with van der Waals surface area (Å²) in [5, 5.41) is 5.80. The first-order valence-electron chi connectivity index (χ1n) is 8.75. The number of carbonyl (C=O) groups is 1. The number of hydrogen-bond donors (Lipinski definition) is 2. The number of carbonyl (C=O) groups excluding carboxylic acids is 1. The van der Waals surface area contributed by atoms with Crippen LogP contribution in [-0.2, 0) is 10.0 Å². The number of aromatic nitrogens is 1. The lowest BCUT2D eigenvalue weighted by atomic mass is 10.1. The van der Waals surface area contributed by atoms with E-state index in [2.05, 4.69) is 15.0 Å². The molecule has 0 aliphatic carbocycles. The molecule has 0 unspecified atom stereocenters. The molecule has 0 aliphatic rings. The van der Waals surface area contributed by atoms with E-state index in [0.717, 1.165) is 28.9 Å². The maximum Gasteiger partial charge on any atom is 0.251 e. The second-order valence-electron chi connectivity index (χ2n) is 6.32. The zero-order valence-electron chi connectivity index (χ0n) is 15.5. The molecule has 3 rings (SSSR count). The zero-order chi connectivity index (χ0) is 20.1. The normalized spacial score (nSPS) is 12.4. The fraction of sp³-hybridized carbons (Fsp3) is 0.200. The minimum atomic E-state index is -3.30. The first-order valence-corrected chi connectivity index (χ1v) is 11.5. The zero-order valence-corrected chi connectivity index (χ0v) is 17.2. The highest BCUT2D eigenvalue weighted by Gasteiger charge is 2.18. The average Bonchev–Trinajstić information content (AvgIpc) is 3.16. The van der Waals surface area contributed by atoms with E-state index in [9.17, 15) is 13.2 Å². The molecular weight excluding hydrogens is 394 g/mol. The van der Waals surface area contributed by atoms with Crippen molar-refractivity contribution in [3.8, 4) is 11.3 Å². The first kappa shape index (κ1) is 20.0. The maximum atomic E-state index is 12.4. The van der Waals surface area contributed by atoms with Crippen LogP contribution in [0.2, 0.25) is 0 Å². The molecule has 0 saturated heterocycles. The fourth-order valence-electron chi connectivity index (χ4n) is 2.67. The number of thiazole rings is 1. The third-order valence-electron chi connectivity index (χ3n) is 4.05. The van der Waals surface area contributed by atoms with E-state index in [-0.39, 0.29) is 11.9 Å². The summed E-state index contributed by atoms with van der Waals surface area (Å²) in [6.45, 7) is 2.00. The lowest BCUT2D eigenvalue weighted by Gasteiger charge is -2.14. The van der Waals surface area contributed by atoms with Crippen LogP contribution >= 0.6 is 11.3 Å². The minimum Gasteiger partial charge on any atom is -0.343 e. The van der Waals surface area contributed by atoms with Gasteiger partial charge in [-0.05, 0) is 30.7 Å². The van der Waals surface area contributed by atoms with Gasteiger partial charge in [0, 0.05) is 22.2 Å². The molecule has 1 atom stereocenters. The molecule has 0 spiro atoms. The topological polar surface area (TPSA) is 88.2 Å². The van der Waals surface area contributed by atoms with E-state index >= 15 is 0 Å². The van der Waals surface area contributed by atoms with Crippen LogP contribution in [0.25, 0.3) is 11.3 Å². The second kappa shape index (κ2) is 8.53. The highest BCUT2D eigenvalue weighted by molar-refractivity contribution is 7.92. The van der Waals surface area contributed by atoms with Gasteiger partial charge in [0.05, 0.1) is 18.0 Å². The molecule has 2 N–H and O–H groups in total. The largest absolute Gasteiger partial charge is 0.343 e. The van der Waals surface area contributed by atoms with E-state index < -0.39 is 10.0 Å². The first-order chi connectivity index (χ1) is 13.4. The Morgan fingerprint density at radius 3 is 2.39 bits per heavy atom. The van der Waals surface area contributed by atoms with Gasteiger partial charge in [0.25, 0.3) is 5.91 Å². The van der Waals surface area contributed by atoms with Crippen LogP contribution in [0.4, 0.5) is 5.69 Å². The summed E-state index contributed by atoms with van der Waals surface area (Å²) < 4.78 is 25.0. The molecule has 0 bridgehead atoms. The molecule has 28 heavy (non-hydrogen) atoms. The van der Waals surface area contributed by atoms with Gasteiger partial charge in [-0.25, -0.2) is 13.4 Å². The van der Waals surface area contributed by atoms with Crippen LogP contribution < -0.4 is 10.0 Å². The third kappa shape index (κ3) is 5.17. The molecule has 0 saturated carbocycles. The number of rotatable bonds is 7. The number of amides is 1. The molecule has 6 nitrogen and oxygen atoms in total. The summed E-state index contributed by atoms with van der Waals surface area (Å²) in [6, 6.07) is 16.0. The van der Waals surface area contributed by atoms with Crippen molar-refractivity contribution in [3.63, 3.8) is 0 Å². The standard InChI is InChI=1S/C20H21N3O3S2/c1-3-17(21-19(24)15-7-5-4-6-8-15)20-22-18(13-27-20)14-9-11-16(12-10-14)23-28(2,25)26/h4-13,17,23H,3H2,1-2H3,(H,21,24)/t17-/m1/s1. The van der Waals surface area contributed by atoms with Crippen LogP contribution in [0.5, 0.6) is 0 Å². The summed E-state index contributed by atoms with van der Waals surface area (Å²) in [5.74, 6) is -0.125. The van der Waals surface area contributed by atoms with E-state index in [0.29, 0.717) is 11.3 Å². The van der Waals surface area contributed by atoms with Crippen molar-refractivity contribution in [2.75, 3.05) is 11.0 Å². The quantitative estimate of drug-likeness (QED) is 0.609. The number of nitrogens with one attached hydrogen (secondary N) is 2. The second-order valence-corrected chi connectivity index (χ2v) is 8.96. The van der Waals surface area contributed by atoms with E-state index in [1.54, 1.807) is 24.3 Å². The van der Waals surface area contributed by atoms with Gasteiger partial charge in [-0.3, -0.25) is 9.52 Å². The van der Waals surface area contributed by atoms with Crippen molar-refractivity contribution >= 4 is 33.0 Å². The summed E-state index contributed by atoms with van der Waals surface area (Å²) in [7, 11) is -3.30. The van der Waals surface area contributed by atoms with Crippen molar-refractivity contribution < 1.29 is 13.2 Å². The van der Waals surface area contributed by atoms with Gasteiger partial charge in [0.2, 0.25) is 10.0 Å². The lowest BCUT2D eigenvalue weighted by Crippen LogP contribution is -2.28. The Balaban J connectivity index is 1.74. The maximum absolute atomic E-state index is 12.4. The van der Waals surface area contributed by atoms with Gasteiger partial charge in [0.15, 0.2) is 0 Å². The summed E-state index contributed by atoms with van der Waals surface area (Å²) >= 11 is 1.49. The van der Waals surface area contributed by atoms with Crippen LogP contribution in [0.3, 0.4) is 0 Å². The molecule has 1 amide bonds. The molecule has 0 radical (unpaired) electrons. The van der Waals surface area contributed by atoms with Gasteiger partial charge >= 0.3 is 0 Å². The van der Waals surface area contributed by atoms with Crippen LogP contribution in [0.15, 0.2) is 60.0 Å². The van der Waals surface area contributed by atoms with Crippen LogP contribution in [-0.4, -0.2) is 25.6 Å². The highest BCUT2D eigenvalue weighted by atomic mass is 32.2. The molecule has 1 heterocycles. The van der Waals surface area contributed by atoms with Crippen molar-refractivity contribution in [1.29, 1.82) is 0 Å². The van der Waals surface area contributed by atoms with E-state index in [4.69, 9.17) is 0 Å². The number of hydrogen-bond acceptors (Lipinski definition) is 5. The molecular formula is C20H21N3O3S2. The van der Waals surface area contributed by atoms with Crippen molar-refractivity contribution in [2.24, 2.45) is 0 Å². The van der Waals surface area contributed by atoms with Gasteiger partial charge in [-0.1, -0.05) is 37.3 Å². The molecule has 3 aromatic rings. The van der Waals surface area contributed by atoms with Crippen molar-refractivity contribution in [1.82, 2.24) is 10.3 Å². The summed E-state index contributed by atoms with van der Waals surface area (Å²) in [6.07, 6.45) is 1.84. The van der Waals surface area contributed by atoms with Crippen LogP contribution in [0, 0.1) is 0 Å². The Hall–Kier alpha value is -2.71. The minimum absolute atomic E-state index is 0.125. The van der Waals surface area contributed by atoms with Gasteiger partial charge < -0.3 is 5.32 Å². The van der Waals surface area contributed by atoms with Gasteiger partial charge in [-0.2, -0.15) is 0 Å².